The van der Waals surface area contributed by atoms with E-state index in [9.17, 15) is 9.90 Å². The van der Waals surface area contributed by atoms with E-state index in [1.807, 2.05) is 13.8 Å². The Morgan fingerprint density at radius 2 is 2.05 bits per heavy atom. The molecule has 6 heteroatoms. The molecular formula is C13H19Cl3NO2-. The monoisotopic (exact) mass is 326 g/mol. The van der Waals surface area contributed by atoms with Gasteiger partial charge in [0.15, 0.2) is 0 Å². The minimum absolute atomic E-state index is 0.188. The number of rotatable bonds is 3. The molecule has 1 atom stereocenters. The van der Waals surface area contributed by atoms with Crippen molar-refractivity contribution >= 4 is 40.9 Å². The number of amides is 1. The van der Waals surface area contributed by atoms with E-state index in [2.05, 4.69) is 13.0 Å². The number of halogens is 3. The SMILES string of the molecule is CC1=CCC(C(C)(C)N(CC(Cl)(Cl)Cl)C(=O)[O-])CC1. The molecule has 3 nitrogen and oxygen atoms in total. The molecule has 0 aromatic carbocycles. The van der Waals surface area contributed by atoms with Crippen LogP contribution in [0.4, 0.5) is 4.79 Å². The molecule has 110 valence electrons. The summed E-state index contributed by atoms with van der Waals surface area (Å²) < 4.78 is -1.64. The van der Waals surface area contributed by atoms with Crippen molar-refractivity contribution in [2.75, 3.05) is 6.54 Å². The van der Waals surface area contributed by atoms with E-state index in [4.69, 9.17) is 34.8 Å². The molecule has 1 unspecified atom stereocenters. The predicted octanol–water partition coefficient (Wildman–Crippen LogP) is 3.53. The Labute approximate surface area is 129 Å². The molecule has 0 aliphatic heterocycles. The lowest BCUT2D eigenvalue weighted by Crippen LogP contribution is -2.59. The summed E-state index contributed by atoms with van der Waals surface area (Å²) in [5.41, 5.74) is 0.716. The number of allylic oxidation sites excluding steroid dienone is 2. The van der Waals surface area contributed by atoms with Gasteiger partial charge in [-0.2, -0.15) is 0 Å². The topological polar surface area (TPSA) is 43.4 Å². The Bertz CT molecular complexity index is 375. The van der Waals surface area contributed by atoms with Crippen LogP contribution in [0.3, 0.4) is 0 Å². The third-order valence-corrected chi connectivity index (χ3v) is 4.25. The molecule has 0 spiro atoms. The van der Waals surface area contributed by atoms with Crippen LogP contribution < -0.4 is 5.11 Å². The van der Waals surface area contributed by atoms with Crippen LogP contribution in [0.15, 0.2) is 11.6 Å². The zero-order valence-electron chi connectivity index (χ0n) is 11.4. The van der Waals surface area contributed by atoms with Crippen LogP contribution in [-0.4, -0.2) is 26.9 Å². The highest BCUT2D eigenvalue weighted by molar-refractivity contribution is 6.67. The Hall–Kier alpha value is -0.120. The molecule has 0 N–H and O–H groups in total. The van der Waals surface area contributed by atoms with Crippen LogP contribution >= 0.6 is 34.8 Å². The van der Waals surface area contributed by atoms with Crippen molar-refractivity contribution in [1.29, 1.82) is 0 Å². The van der Waals surface area contributed by atoms with Gasteiger partial charge in [-0.3, -0.25) is 0 Å². The van der Waals surface area contributed by atoms with Crippen molar-refractivity contribution in [2.24, 2.45) is 5.92 Å². The van der Waals surface area contributed by atoms with Gasteiger partial charge in [0.1, 0.15) is 6.09 Å². The van der Waals surface area contributed by atoms with Crippen molar-refractivity contribution < 1.29 is 9.90 Å². The minimum atomic E-state index is -1.64. The third-order valence-electron chi connectivity index (χ3n) is 3.89. The van der Waals surface area contributed by atoms with Crippen molar-refractivity contribution in [2.45, 2.75) is 49.4 Å². The number of carboxylic acid groups (broad SMARTS) is 1. The van der Waals surface area contributed by atoms with E-state index in [-0.39, 0.29) is 12.5 Å². The molecule has 0 heterocycles. The highest BCUT2D eigenvalue weighted by atomic mass is 35.6. The van der Waals surface area contributed by atoms with Crippen molar-refractivity contribution in [3.05, 3.63) is 11.6 Å². The lowest BCUT2D eigenvalue weighted by atomic mass is 9.76. The van der Waals surface area contributed by atoms with Crippen LogP contribution in [0.2, 0.25) is 0 Å². The number of carbonyl (C=O) groups is 1. The molecule has 1 amide bonds. The molecule has 0 saturated heterocycles. The van der Waals surface area contributed by atoms with Crippen molar-refractivity contribution in [3.8, 4) is 0 Å². The average Bonchev–Trinajstić information content (AvgIpc) is 2.25. The van der Waals surface area contributed by atoms with E-state index >= 15 is 0 Å². The Morgan fingerprint density at radius 3 is 2.42 bits per heavy atom. The van der Waals surface area contributed by atoms with Crippen LogP contribution in [0.25, 0.3) is 0 Å². The van der Waals surface area contributed by atoms with E-state index in [0.717, 1.165) is 24.2 Å². The Balaban J connectivity index is 2.90. The number of carbonyl (C=O) groups excluding carboxylic acids is 1. The van der Waals surface area contributed by atoms with E-state index in [1.54, 1.807) is 0 Å². The molecule has 1 aliphatic carbocycles. The first-order valence-corrected chi connectivity index (χ1v) is 7.38. The van der Waals surface area contributed by atoms with Crippen LogP contribution in [0.1, 0.15) is 40.0 Å². The molecule has 0 bridgehead atoms. The molecule has 0 radical (unpaired) electrons. The normalized spacial score (nSPS) is 20.9. The summed E-state index contributed by atoms with van der Waals surface area (Å²) in [5, 5.41) is 11.4. The summed E-state index contributed by atoms with van der Waals surface area (Å²) in [6.07, 6.45) is 3.59. The first-order chi connectivity index (χ1) is 8.54. The number of nitrogens with zero attached hydrogens (tertiary/aromatic N) is 1. The molecule has 0 saturated carbocycles. The maximum atomic E-state index is 11.4. The van der Waals surface area contributed by atoms with Gasteiger partial charge in [0.05, 0.1) is 6.54 Å². The Kier molecular flexibility index (Phi) is 5.44. The summed E-state index contributed by atoms with van der Waals surface area (Å²) >= 11 is 17.2. The van der Waals surface area contributed by atoms with Crippen LogP contribution in [0.5, 0.6) is 0 Å². The fourth-order valence-corrected chi connectivity index (χ4v) is 2.87. The van der Waals surface area contributed by atoms with Gasteiger partial charge in [-0.05, 0) is 46.0 Å². The zero-order valence-corrected chi connectivity index (χ0v) is 13.6. The Morgan fingerprint density at radius 1 is 1.47 bits per heavy atom. The van der Waals surface area contributed by atoms with Crippen LogP contribution in [0, 0.1) is 5.92 Å². The van der Waals surface area contributed by atoms with Gasteiger partial charge in [0.2, 0.25) is 3.79 Å². The number of hydrogen-bond donors (Lipinski definition) is 0. The van der Waals surface area contributed by atoms with Gasteiger partial charge in [-0.15, -0.1) is 0 Å². The summed E-state index contributed by atoms with van der Waals surface area (Å²) in [6.45, 7) is 5.62. The standard InChI is InChI=1S/C13H20Cl3NO2/c1-9-4-6-10(7-5-9)12(2,3)17(11(18)19)8-13(14,15)16/h4,10H,5-8H2,1-3H3,(H,18,19)/p-1. The van der Waals surface area contributed by atoms with Crippen molar-refractivity contribution in [3.63, 3.8) is 0 Å². The molecule has 19 heavy (non-hydrogen) atoms. The molecule has 0 aromatic rings. The summed E-state index contributed by atoms with van der Waals surface area (Å²) in [6, 6.07) is 0. The maximum Gasteiger partial charge on any atom is 0.207 e. The summed E-state index contributed by atoms with van der Waals surface area (Å²) in [4.78, 5) is 12.5. The second-order valence-corrected chi connectivity index (χ2v) is 8.16. The fourth-order valence-electron chi connectivity index (χ4n) is 2.51. The quantitative estimate of drug-likeness (QED) is 0.588. The third kappa shape index (κ3) is 4.73. The molecule has 1 rings (SSSR count). The molecule has 1 aliphatic rings. The highest BCUT2D eigenvalue weighted by Crippen LogP contribution is 2.38. The first-order valence-electron chi connectivity index (χ1n) is 6.25. The smallest absolute Gasteiger partial charge is 0.207 e. The van der Waals surface area contributed by atoms with Gasteiger partial charge >= 0.3 is 0 Å². The fraction of sp³-hybridized carbons (Fsp3) is 0.769. The second-order valence-electron chi connectivity index (χ2n) is 5.64. The summed E-state index contributed by atoms with van der Waals surface area (Å²) in [7, 11) is 0. The van der Waals surface area contributed by atoms with E-state index < -0.39 is 15.4 Å². The van der Waals surface area contributed by atoms with Gasteiger partial charge in [0.25, 0.3) is 0 Å². The lowest BCUT2D eigenvalue weighted by molar-refractivity contribution is -0.272. The predicted molar refractivity (Wildman–Crippen MR) is 77.6 cm³/mol. The maximum absolute atomic E-state index is 11.4. The van der Waals surface area contributed by atoms with E-state index in [0.29, 0.717) is 0 Å². The lowest BCUT2D eigenvalue weighted by Gasteiger charge is -2.47. The number of hydrogen-bond acceptors (Lipinski definition) is 2. The highest BCUT2D eigenvalue weighted by Gasteiger charge is 2.39. The van der Waals surface area contributed by atoms with Gasteiger partial charge < -0.3 is 14.8 Å². The largest absolute Gasteiger partial charge is 0.530 e. The van der Waals surface area contributed by atoms with Gasteiger partial charge in [0, 0.05) is 5.54 Å². The number of alkyl halides is 3. The van der Waals surface area contributed by atoms with Crippen molar-refractivity contribution in [1.82, 2.24) is 4.90 Å². The zero-order chi connectivity index (χ0) is 14.8. The average molecular weight is 328 g/mol. The van der Waals surface area contributed by atoms with Gasteiger partial charge in [-0.25, -0.2) is 0 Å². The minimum Gasteiger partial charge on any atom is -0.530 e. The molecular weight excluding hydrogens is 309 g/mol. The molecule has 0 aromatic heterocycles. The van der Waals surface area contributed by atoms with Crippen LogP contribution in [-0.2, 0) is 0 Å². The second kappa shape index (κ2) is 6.11. The van der Waals surface area contributed by atoms with Gasteiger partial charge in [-0.1, -0.05) is 46.5 Å². The first kappa shape index (κ1) is 16.9. The van der Waals surface area contributed by atoms with E-state index in [1.165, 1.54) is 5.57 Å². The molecule has 0 fully saturated rings. The summed E-state index contributed by atoms with van der Waals surface area (Å²) in [5.74, 6) is 0.196.